The van der Waals surface area contributed by atoms with Crippen molar-refractivity contribution in [2.75, 3.05) is 7.11 Å². The molecule has 0 unspecified atom stereocenters. The zero-order valence-electron chi connectivity index (χ0n) is 15.0. The molecule has 0 radical (unpaired) electrons. The number of aromatic amines is 1. The molecule has 0 saturated carbocycles. The topological polar surface area (TPSA) is 42.1 Å². The molecule has 0 bridgehead atoms. The van der Waals surface area contributed by atoms with Crippen molar-refractivity contribution in [3.63, 3.8) is 0 Å². The highest BCUT2D eigenvalue weighted by Crippen LogP contribution is 2.31. The van der Waals surface area contributed by atoms with Crippen molar-refractivity contribution in [3.05, 3.63) is 95.7 Å². The third-order valence-electron chi connectivity index (χ3n) is 4.63. The molecule has 1 N–H and O–H groups in total. The minimum atomic E-state index is -0.324. The van der Waals surface area contributed by atoms with Crippen molar-refractivity contribution in [2.24, 2.45) is 0 Å². The number of hydrogen-bond acceptors (Lipinski definition) is 2. The smallest absolute Gasteiger partial charge is 0.337 e. The van der Waals surface area contributed by atoms with Gasteiger partial charge in [-0.1, -0.05) is 66.7 Å². The van der Waals surface area contributed by atoms with E-state index in [4.69, 9.17) is 4.74 Å². The maximum Gasteiger partial charge on any atom is 0.337 e. The molecular weight excluding hydrogens is 334 g/mol. The Bertz CT molecular complexity index is 1120. The third kappa shape index (κ3) is 3.40. The highest BCUT2D eigenvalue weighted by atomic mass is 16.5. The molecule has 0 atom stereocenters. The number of H-pyrrole nitrogens is 1. The van der Waals surface area contributed by atoms with Crippen molar-refractivity contribution in [3.8, 4) is 11.1 Å². The number of methoxy groups -OCH3 is 1. The Hall–Kier alpha value is -3.59. The van der Waals surface area contributed by atoms with Crippen LogP contribution in [0.2, 0.25) is 0 Å². The quantitative estimate of drug-likeness (QED) is 0.372. The lowest BCUT2D eigenvalue weighted by Crippen LogP contribution is -2.00. The van der Waals surface area contributed by atoms with E-state index in [1.807, 2.05) is 24.3 Å². The first-order valence-corrected chi connectivity index (χ1v) is 8.78. The SMILES string of the molecule is COC(=O)c1ccc(C=Cc2ccccc2-c2c[nH]c3ccccc23)cc1. The van der Waals surface area contributed by atoms with Crippen LogP contribution in [-0.4, -0.2) is 18.1 Å². The first kappa shape index (κ1) is 16.9. The predicted octanol–water partition coefficient (Wildman–Crippen LogP) is 5.79. The Morgan fingerprint density at radius 2 is 1.59 bits per heavy atom. The van der Waals surface area contributed by atoms with E-state index in [1.165, 1.54) is 23.6 Å². The maximum atomic E-state index is 11.5. The summed E-state index contributed by atoms with van der Waals surface area (Å²) in [5, 5.41) is 1.21. The summed E-state index contributed by atoms with van der Waals surface area (Å²) >= 11 is 0. The zero-order valence-corrected chi connectivity index (χ0v) is 15.0. The number of rotatable bonds is 4. The van der Waals surface area contributed by atoms with Crippen LogP contribution in [0.5, 0.6) is 0 Å². The highest BCUT2D eigenvalue weighted by molar-refractivity contribution is 5.98. The van der Waals surface area contributed by atoms with Crippen LogP contribution in [-0.2, 0) is 4.74 Å². The van der Waals surface area contributed by atoms with Gasteiger partial charge in [-0.05, 0) is 34.9 Å². The molecule has 3 nitrogen and oxygen atoms in total. The van der Waals surface area contributed by atoms with Crippen molar-refractivity contribution in [1.82, 2.24) is 4.98 Å². The normalized spacial score (nSPS) is 11.1. The Kier molecular flexibility index (Phi) is 4.58. The van der Waals surface area contributed by atoms with Crippen LogP contribution in [0.1, 0.15) is 21.5 Å². The molecule has 4 rings (SSSR count). The number of benzene rings is 3. The summed E-state index contributed by atoms with van der Waals surface area (Å²) in [6, 6.07) is 24.0. The van der Waals surface area contributed by atoms with Crippen LogP contribution < -0.4 is 0 Å². The van der Waals surface area contributed by atoms with Gasteiger partial charge in [-0.3, -0.25) is 0 Å². The second-order valence-corrected chi connectivity index (χ2v) is 6.28. The van der Waals surface area contributed by atoms with E-state index in [0.29, 0.717) is 5.56 Å². The van der Waals surface area contributed by atoms with Gasteiger partial charge in [-0.15, -0.1) is 0 Å². The molecule has 0 amide bonds. The number of carbonyl (C=O) groups excluding carboxylic acids is 1. The second kappa shape index (κ2) is 7.34. The Morgan fingerprint density at radius 3 is 2.41 bits per heavy atom. The molecule has 0 aliphatic carbocycles. The van der Waals surface area contributed by atoms with Crippen molar-refractivity contribution < 1.29 is 9.53 Å². The van der Waals surface area contributed by atoms with Crippen molar-refractivity contribution in [1.29, 1.82) is 0 Å². The van der Waals surface area contributed by atoms with Crippen LogP contribution >= 0.6 is 0 Å². The lowest BCUT2D eigenvalue weighted by atomic mass is 9.98. The summed E-state index contributed by atoms with van der Waals surface area (Å²) in [5.74, 6) is -0.324. The molecule has 0 fully saturated rings. The van der Waals surface area contributed by atoms with Crippen LogP contribution in [0.4, 0.5) is 0 Å². The Morgan fingerprint density at radius 1 is 0.852 bits per heavy atom. The minimum Gasteiger partial charge on any atom is -0.465 e. The molecule has 0 saturated heterocycles. The Labute approximate surface area is 157 Å². The average Bonchev–Trinajstić information content (AvgIpc) is 3.16. The lowest BCUT2D eigenvalue weighted by Gasteiger charge is -2.05. The van der Waals surface area contributed by atoms with E-state index in [9.17, 15) is 4.79 Å². The molecular formula is C24H19NO2. The lowest BCUT2D eigenvalue weighted by molar-refractivity contribution is 0.0600. The first-order valence-electron chi connectivity index (χ1n) is 8.78. The summed E-state index contributed by atoms with van der Waals surface area (Å²) in [7, 11) is 1.39. The average molecular weight is 353 g/mol. The molecule has 27 heavy (non-hydrogen) atoms. The van der Waals surface area contributed by atoms with E-state index in [1.54, 1.807) is 12.1 Å². The number of aromatic nitrogens is 1. The van der Waals surface area contributed by atoms with E-state index in [-0.39, 0.29) is 5.97 Å². The molecule has 3 aromatic carbocycles. The molecule has 132 valence electrons. The van der Waals surface area contributed by atoms with Gasteiger partial charge in [-0.2, -0.15) is 0 Å². The third-order valence-corrected chi connectivity index (χ3v) is 4.63. The standard InChI is InChI=1S/C24H19NO2/c1-27-24(26)19-14-11-17(12-15-19)10-13-18-6-2-3-7-20(18)22-16-25-23-9-5-4-8-21(22)23/h2-16,25H,1H3. The highest BCUT2D eigenvalue weighted by Gasteiger charge is 2.08. The first-order chi connectivity index (χ1) is 13.3. The van der Waals surface area contributed by atoms with Gasteiger partial charge >= 0.3 is 5.97 Å². The fourth-order valence-electron chi connectivity index (χ4n) is 3.22. The van der Waals surface area contributed by atoms with E-state index < -0.39 is 0 Å². The van der Waals surface area contributed by atoms with Crippen molar-refractivity contribution in [2.45, 2.75) is 0 Å². The van der Waals surface area contributed by atoms with Crippen LogP contribution in [0.15, 0.2) is 79.0 Å². The van der Waals surface area contributed by atoms with Gasteiger partial charge < -0.3 is 9.72 Å². The fourth-order valence-corrected chi connectivity index (χ4v) is 3.22. The largest absolute Gasteiger partial charge is 0.465 e. The molecule has 0 spiro atoms. The molecule has 0 aliphatic rings. The minimum absolute atomic E-state index is 0.324. The maximum absolute atomic E-state index is 11.5. The number of ether oxygens (including phenoxy) is 1. The van der Waals surface area contributed by atoms with Gasteiger partial charge in [0.2, 0.25) is 0 Å². The summed E-state index contributed by atoms with van der Waals surface area (Å²) < 4.78 is 4.74. The summed E-state index contributed by atoms with van der Waals surface area (Å²) in [6.07, 6.45) is 6.21. The molecule has 0 aliphatic heterocycles. The van der Waals surface area contributed by atoms with Gasteiger partial charge in [0.1, 0.15) is 0 Å². The van der Waals surface area contributed by atoms with Gasteiger partial charge in [0.05, 0.1) is 12.7 Å². The zero-order chi connectivity index (χ0) is 18.6. The van der Waals surface area contributed by atoms with E-state index in [0.717, 1.165) is 16.6 Å². The van der Waals surface area contributed by atoms with Gasteiger partial charge in [0.15, 0.2) is 0 Å². The monoisotopic (exact) mass is 353 g/mol. The number of hydrogen-bond donors (Lipinski definition) is 1. The van der Waals surface area contributed by atoms with E-state index in [2.05, 4.69) is 59.7 Å². The van der Waals surface area contributed by atoms with Gasteiger partial charge in [-0.25, -0.2) is 4.79 Å². The Balaban J connectivity index is 1.67. The summed E-state index contributed by atoms with van der Waals surface area (Å²) in [4.78, 5) is 14.9. The molecule has 3 heteroatoms. The van der Waals surface area contributed by atoms with Crippen molar-refractivity contribution >= 4 is 29.0 Å². The van der Waals surface area contributed by atoms with Gasteiger partial charge in [0.25, 0.3) is 0 Å². The molecule has 4 aromatic rings. The number of fused-ring (bicyclic) bond motifs is 1. The number of esters is 1. The fraction of sp³-hybridized carbons (Fsp3) is 0.0417. The van der Waals surface area contributed by atoms with E-state index >= 15 is 0 Å². The molecule has 1 aromatic heterocycles. The summed E-state index contributed by atoms with van der Waals surface area (Å²) in [6.45, 7) is 0. The molecule has 1 heterocycles. The van der Waals surface area contributed by atoms with Crippen LogP contribution in [0.25, 0.3) is 34.2 Å². The van der Waals surface area contributed by atoms with Crippen LogP contribution in [0, 0.1) is 0 Å². The number of nitrogens with one attached hydrogen (secondary N) is 1. The number of para-hydroxylation sites is 1. The number of carbonyl (C=O) groups is 1. The second-order valence-electron chi connectivity index (χ2n) is 6.28. The van der Waals surface area contributed by atoms with Gasteiger partial charge in [0, 0.05) is 22.7 Å². The van der Waals surface area contributed by atoms with Crippen LogP contribution in [0.3, 0.4) is 0 Å². The predicted molar refractivity (Wildman–Crippen MR) is 110 cm³/mol. The summed E-state index contributed by atoms with van der Waals surface area (Å²) in [5.41, 5.74) is 6.21.